The number of amides is 1. The molecule has 0 bridgehead atoms. The van der Waals surface area contributed by atoms with Gasteiger partial charge in [-0.3, -0.25) is 4.90 Å². The van der Waals surface area contributed by atoms with E-state index in [1.54, 1.807) is 6.07 Å². The number of hydrogen-bond acceptors (Lipinski definition) is 5. The molecule has 13 heteroatoms. The van der Waals surface area contributed by atoms with Gasteiger partial charge in [0.25, 0.3) is 6.10 Å². The molecule has 6 nitrogen and oxygen atoms in total. The number of hydrogen-bond donors (Lipinski definition) is 1. The number of anilines is 1. The van der Waals surface area contributed by atoms with Gasteiger partial charge >= 0.3 is 18.4 Å². The second-order valence-electron chi connectivity index (χ2n) is 9.51. The fraction of sp³-hybridized carbons (Fsp3) is 0.731. The summed E-state index contributed by atoms with van der Waals surface area (Å²) in [6.07, 6.45) is -14.1. The van der Waals surface area contributed by atoms with Crippen molar-refractivity contribution in [3.63, 3.8) is 0 Å². The summed E-state index contributed by atoms with van der Waals surface area (Å²) in [5.74, 6) is 0.594. The molecule has 3 rings (SSSR count). The van der Waals surface area contributed by atoms with Gasteiger partial charge in [-0.15, -0.1) is 0 Å². The van der Waals surface area contributed by atoms with Crippen LogP contribution in [0.2, 0.25) is 5.02 Å². The highest BCUT2D eigenvalue weighted by molar-refractivity contribution is 6.30. The molecule has 0 aromatic heterocycles. The Kier molecular flexibility index (Phi) is 12.5. The summed E-state index contributed by atoms with van der Waals surface area (Å²) in [4.78, 5) is 17.2. The van der Waals surface area contributed by atoms with Gasteiger partial charge in [0, 0.05) is 62.6 Å². The van der Waals surface area contributed by atoms with Crippen LogP contribution in [-0.4, -0.2) is 86.7 Å². The van der Waals surface area contributed by atoms with Crippen molar-refractivity contribution in [2.45, 2.75) is 71.1 Å². The third kappa shape index (κ3) is 9.31. The topological polar surface area (TPSA) is 48.0 Å². The fourth-order valence-electron chi connectivity index (χ4n) is 5.10. The smallest absolute Gasteiger partial charge is 0.426 e. The third-order valence-corrected chi connectivity index (χ3v) is 7.38. The van der Waals surface area contributed by atoms with Crippen LogP contribution in [0.25, 0.3) is 0 Å². The Labute approximate surface area is 231 Å². The van der Waals surface area contributed by atoms with Crippen LogP contribution in [0.4, 0.5) is 36.8 Å². The average Bonchev–Trinajstić information content (AvgIpc) is 2.89. The van der Waals surface area contributed by atoms with Crippen LogP contribution in [0, 0.1) is 5.92 Å². The summed E-state index contributed by atoms with van der Waals surface area (Å²) in [5.41, 5.74) is 2.04. The van der Waals surface area contributed by atoms with Crippen LogP contribution in [0.5, 0.6) is 0 Å². The van der Waals surface area contributed by atoms with E-state index >= 15 is 0 Å². The lowest BCUT2D eigenvalue weighted by Gasteiger charge is -2.39. The van der Waals surface area contributed by atoms with Gasteiger partial charge in [-0.05, 0) is 49.9 Å². The predicted molar refractivity (Wildman–Crippen MR) is 140 cm³/mol. The zero-order chi connectivity index (χ0) is 29.4. The number of piperidine rings is 1. The molecule has 2 heterocycles. The molecule has 0 spiro atoms. The van der Waals surface area contributed by atoms with E-state index in [-0.39, 0.29) is 26.2 Å². The summed E-state index contributed by atoms with van der Waals surface area (Å²) in [6, 6.07) is 6.13. The number of carbonyl (C=O) groups excluding carboxylic acids is 1. The van der Waals surface area contributed by atoms with E-state index in [1.165, 1.54) is 0 Å². The van der Waals surface area contributed by atoms with Crippen molar-refractivity contribution in [2.24, 2.45) is 5.92 Å². The summed E-state index contributed by atoms with van der Waals surface area (Å²) < 4.78 is 80.2. The Morgan fingerprint density at radius 1 is 1.03 bits per heavy atom. The number of alkyl halides is 6. The molecule has 2 aliphatic heterocycles. The molecule has 2 fully saturated rings. The Bertz CT molecular complexity index is 883. The van der Waals surface area contributed by atoms with E-state index in [9.17, 15) is 31.1 Å². The SMILES string of the molecule is CC.CCC(NC)C1CCN(c2cc(Cl)ccc2CN2CCN(C(=O)OC(C(F)(F)F)C(F)(F)F)CC2)CC1. The van der Waals surface area contributed by atoms with Crippen LogP contribution in [-0.2, 0) is 11.3 Å². The molecule has 2 aliphatic rings. The normalized spacial score (nSPS) is 18.6. The number of nitrogens with one attached hydrogen (secondary N) is 1. The van der Waals surface area contributed by atoms with E-state index in [1.807, 2.05) is 37.9 Å². The third-order valence-electron chi connectivity index (χ3n) is 7.14. The average molecular weight is 589 g/mol. The minimum atomic E-state index is -5.74. The molecule has 1 unspecified atom stereocenters. The lowest BCUT2D eigenvalue weighted by Crippen LogP contribution is -2.52. The molecular weight excluding hydrogens is 550 g/mol. The molecule has 1 aromatic carbocycles. The van der Waals surface area contributed by atoms with Crippen molar-refractivity contribution in [2.75, 3.05) is 51.2 Å². The summed E-state index contributed by atoms with van der Waals surface area (Å²) in [5, 5.41) is 4.00. The zero-order valence-corrected chi connectivity index (χ0v) is 23.6. The number of halogens is 7. The van der Waals surface area contributed by atoms with E-state index in [2.05, 4.69) is 21.9 Å². The first-order chi connectivity index (χ1) is 18.3. The summed E-state index contributed by atoms with van der Waals surface area (Å²) in [7, 11) is 1.99. The highest BCUT2D eigenvalue weighted by atomic mass is 35.5. The fourth-order valence-corrected chi connectivity index (χ4v) is 5.27. The van der Waals surface area contributed by atoms with Crippen molar-refractivity contribution >= 4 is 23.4 Å². The molecule has 1 aromatic rings. The van der Waals surface area contributed by atoms with Crippen LogP contribution < -0.4 is 10.2 Å². The van der Waals surface area contributed by atoms with Gasteiger partial charge in [0.05, 0.1) is 0 Å². The minimum absolute atomic E-state index is 0.0436. The number of benzene rings is 1. The molecule has 39 heavy (non-hydrogen) atoms. The minimum Gasteiger partial charge on any atom is -0.426 e. The highest BCUT2D eigenvalue weighted by Gasteiger charge is 2.60. The van der Waals surface area contributed by atoms with Crippen LogP contribution in [0.1, 0.15) is 45.6 Å². The molecule has 1 atom stereocenters. The standard InChI is InChI=1S/C24H33ClF6N4O2.C2H6/c1-3-19(32-2)16-6-8-34(9-7-16)20-14-18(25)5-4-17(20)15-33-10-12-35(13-11-33)22(36)37-21(23(26,27)28)24(29,30)31;1-2/h4-5,14,16,19,21,32H,3,6-13,15H2,1-2H3;1-2H3. The van der Waals surface area contributed by atoms with Crippen molar-refractivity contribution in [3.05, 3.63) is 28.8 Å². The number of piperazine rings is 1. The monoisotopic (exact) mass is 588 g/mol. The van der Waals surface area contributed by atoms with Crippen LogP contribution in [0.3, 0.4) is 0 Å². The molecule has 224 valence electrons. The van der Waals surface area contributed by atoms with Crippen LogP contribution in [0.15, 0.2) is 18.2 Å². The first-order valence-corrected chi connectivity index (χ1v) is 13.7. The largest absolute Gasteiger partial charge is 0.434 e. The van der Waals surface area contributed by atoms with Crippen LogP contribution >= 0.6 is 11.6 Å². The van der Waals surface area contributed by atoms with Crippen molar-refractivity contribution in [3.8, 4) is 0 Å². The summed E-state index contributed by atoms with van der Waals surface area (Å²) >= 11 is 6.29. The van der Waals surface area contributed by atoms with Gasteiger partial charge in [0.1, 0.15) is 0 Å². The van der Waals surface area contributed by atoms with E-state index in [4.69, 9.17) is 11.6 Å². The van der Waals surface area contributed by atoms with Gasteiger partial charge in [0.15, 0.2) is 0 Å². The Hall–Kier alpha value is -1.92. The Morgan fingerprint density at radius 3 is 2.08 bits per heavy atom. The van der Waals surface area contributed by atoms with E-state index in [0.717, 1.165) is 48.5 Å². The Morgan fingerprint density at radius 2 is 1.59 bits per heavy atom. The molecular formula is C26H39ClF6N4O2. The maximum atomic E-state index is 12.7. The Balaban J connectivity index is 0.00000260. The molecule has 0 radical (unpaired) electrons. The number of ether oxygens (including phenoxy) is 1. The number of rotatable bonds is 7. The van der Waals surface area contributed by atoms with E-state index < -0.39 is 24.5 Å². The maximum Gasteiger partial charge on any atom is 0.434 e. The van der Waals surface area contributed by atoms with Gasteiger partial charge in [-0.25, -0.2) is 4.79 Å². The molecule has 2 saturated heterocycles. The lowest BCUT2D eigenvalue weighted by atomic mass is 9.87. The predicted octanol–water partition coefficient (Wildman–Crippen LogP) is 6.33. The van der Waals surface area contributed by atoms with Gasteiger partial charge in [0.2, 0.25) is 0 Å². The van der Waals surface area contributed by atoms with Gasteiger partial charge < -0.3 is 19.9 Å². The van der Waals surface area contributed by atoms with Crippen molar-refractivity contribution in [1.82, 2.24) is 15.1 Å². The number of carbonyl (C=O) groups is 1. The molecule has 1 amide bonds. The highest BCUT2D eigenvalue weighted by Crippen LogP contribution is 2.36. The summed E-state index contributed by atoms with van der Waals surface area (Å²) in [6.45, 7) is 8.93. The van der Waals surface area contributed by atoms with E-state index in [0.29, 0.717) is 23.5 Å². The van der Waals surface area contributed by atoms with Gasteiger partial charge in [-0.2, -0.15) is 26.3 Å². The zero-order valence-electron chi connectivity index (χ0n) is 22.8. The maximum absolute atomic E-state index is 12.7. The second kappa shape index (κ2) is 14.6. The first-order valence-electron chi connectivity index (χ1n) is 13.4. The van der Waals surface area contributed by atoms with Crippen molar-refractivity contribution < 1.29 is 35.9 Å². The first kappa shape index (κ1) is 33.3. The molecule has 1 N–H and O–H groups in total. The molecule has 0 aliphatic carbocycles. The second-order valence-corrected chi connectivity index (χ2v) is 9.95. The molecule has 0 saturated carbocycles. The van der Waals surface area contributed by atoms with Crippen molar-refractivity contribution in [1.29, 1.82) is 0 Å². The quantitative estimate of drug-likeness (QED) is 0.377. The van der Waals surface area contributed by atoms with Gasteiger partial charge in [-0.1, -0.05) is 38.4 Å². The lowest BCUT2D eigenvalue weighted by molar-refractivity contribution is -0.308. The number of nitrogens with zero attached hydrogens (tertiary/aromatic N) is 3.